The van der Waals surface area contributed by atoms with E-state index in [0.29, 0.717) is 37.0 Å². The largest absolute Gasteiger partial charge is 0.357 e. The van der Waals surface area contributed by atoms with Gasteiger partial charge in [0, 0.05) is 30.7 Å². The van der Waals surface area contributed by atoms with E-state index in [1.807, 2.05) is 32.2 Å². The Morgan fingerprint density at radius 3 is 2.52 bits per heavy atom. The van der Waals surface area contributed by atoms with Crippen molar-refractivity contribution in [2.24, 2.45) is 4.99 Å². The minimum absolute atomic E-state index is 0.358. The van der Waals surface area contributed by atoms with Gasteiger partial charge in [-0.15, -0.1) is 11.3 Å². The Bertz CT molecular complexity index is 917. The number of aromatic nitrogens is 1. The number of nitrogens with zero attached hydrogens (tertiary/aromatic N) is 3. The van der Waals surface area contributed by atoms with Gasteiger partial charge >= 0.3 is 0 Å². The molecule has 158 valence electrons. The van der Waals surface area contributed by atoms with E-state index in [0.717, 1.165) is 36.4 Å². The van der Waals surface area contributed by atoms with Crippen LogP contribution in [0.3, 0.4) is 0 Å². The predicted octanol–water partition coefficient (Wildman–Crippen LogP) is 2.88. The molecular weight excluding hydrogens is 406 g/mol. The Kier molecular flexibility index (Phi) is 7.63. The van der Waals surface area contributed by atoms with Gasteiger partial charge in [-0.05, 0) is 44.4 Å². The summed E-state index contributed by atoms with van der Waals surface area (Å²) in [5, 5.41) is 7.52. The number of thiazole rings is 1. The number of nitrogens with one attached hydrogen (secondary N) is 2. The fraction of sp³-hybridized carbons (Fsp3) is 0.500. The van der Waals surface area contributed by atoms with Crippen molar-refractivity contribution in [2.45, 2.75) is 51.1 Å². The maximum absolute atomic E-state index is 12.7. The van der Waals surface area contributed by atoms with Crippen molar-refractivity contribution < 1.29 is 8.42 Å². The molecule has 29 heavy (non-hydrogen) atoms. The number of guanidine groups is 1. The van der Waals surface area contributed by atoms with Gasteiger partial charge in [-0.1, -0.05) is 18.6 Å². The molecule has 0 saturated carbocycles. The fourth-order valence-electron chi connectivity index (χ4n) is 3.18. The lowest BCUT2D eigenvalue weighted by Gasteiger charge is -2.25. The Balaban J connectivity index is 1.62. The summed E-state index contributed by atoms with van der Waals surface area (Å²) in [7, 11) is -3.39. The molecule has 2 N–H and O–H groups in total. The first kappa shape index (κ1) is 21.7. The van der Waals surface area contributed by atoms with Crippen molar-refractivity contribution in [1.29, 1.82) is 0 Å². The average Bonchev–Trinajstić information content (AvgIpc) is 3.16. The molecule has 0 unspecified atom stereocenters. The van der Waals surface area contributed by atoms with Crippen LogP contribution in [0, 0.1) is 6.92 Å². The van der Waals surface area contributed by atoms with Gasteiger partial charge in [-0.25, -0.2) is 18.4 Å². The molecule has 0 atom stereocenters. The molecule has 1 saturated heterocycles. The van der Waals surface area contributed by atoms with E-state index >= 15 is 0 Å². The zero-order valence-corrected chi connectivity index (χ0v) is 18.7. The normalized spacial score (nSPS) is 16.0. The molecule has 1 aromatic heterocycles. The molecule has 0 radical (unpaired) electrons. The second-order valence-electron chi connectivity index (χ2n) is 7.02. The Hall–Kier alpha value is -1.97. The minimum Gasteiger partial charge on any atom is -0.357 e. The summed E-state index contributed by atoms with van der Waals surface area (Å²) in [6.45, 7) is 7.14. The molecule has 1 aliphatic rings. The van der Waals surface area contributed by atoms with Gasteiger partial charge in [-0.3, -0.25) is 0 Å². The zero-order valence-electron chi connectivity index (χ0n) is 17.0. The van der Waals surface area contributed by atoms with Gasteiger partial charge < -0.3 is 10.6 Å². The third-order valence-corrected chi connectivity index (χ3v) is 7.54. The van der Waals surface area contributed by atoms with Crippen LogP contribution in [0.1, 0.15) is 41.6 Å². The number of hydrogen-bond acceptors (Lipinski definition) is 5. The molecule has 1 aromatic carbocycles. The number of piperidine rings is 1. The molecule has 3 rings (SSSR count). The van der Waals surface area contributed by atoms with E-state index in [1.54, 1.807) is 27.8 Å². The lowest BCUT2D eigenvalue weighted by Crippen LogP contribution is -2.36. The standard InChI is InChI=1S/C20H29N5O2S2/c1-3-21-20(24-15-19-22-13-16(2)28-19)23-14-17-7-9-18(10-8-17)29(26,27)25-11-5-4-6-12-25/h7-10,13H,3-6,11-12,14-15H2,1-2H3,(H2,21,23,24). The number of aliphatic imine (C=N–C) groups is 1. The highest BCUT2D eigenvalue weighted by Gasteiger charge is 2.25. The molecule has 7 nitrogen and oxygen atoms in total. The highest BCUT2D eigenvalue weighted by Crippen LogP contribution is 2.21. The quantitative estimate of drug-likeness (QED) is 0.516. The maximum atomic E-state index is 12.7. The smallest absolute Gasteiger partial charge is 0.243 e. The minimum atomic E-state index is -3.39. The Morgan fingerprint density at radius 2 is 1.90 bits per heavy atom. The van der Waals surface area contributed by atoms with E-state index in [1.165, 1.54) is 4.88 Å². The number of aryl methyl sites for hydroxylation is 1. The number of benzene rings is 1. The molecule has 2 aromatic rings. The van der Waals surface area contributed by atoms with Crippen LogP contribution in [-0.4, -0.2) is 43.3 Å². The van der Waals surface area contributed by atoms with Gasteiger partial charge in [0.25, 0.3) is 0 Å². The number of sulfonamides is 1. The van der Waals surface area contributed by atoms with Crippen molar-refractivity contribution in [1.82, 2.24) is 19.9 Å². The number of hydrogen-bond donors (Lipinski definition) is 2. The van der Waals surface area contributed by atoms with Crippen LogP contribution in [0.2, 0.25) is 0 Å². The zero-order chi connectivity index (χ0) is 20.7. The monoisotopic (exact) mass is 435 g/mol. The van der Waals surface area contributed by atoms with Gasteiger partial charge in [-0.2, -0.15) is 4.31 Å². The van der Waals surface area contributed by atoms with Gasteiger partial charge in [0.1, 0.15) is 5.01 Å². The average molecular weight is 436 g/mol. The maximum Gasteiger partial charge on any atom is 0.243 e. The summed E-state index contributed by atoms with van der Waals surface area (Å²) in [4.78, 5) is 10.5. The first-order valence-electron chi connectivity index (χ1n) is 10.0. The van der Waals surface area contributed by atoms with Crippen molar-refractivity contribution in [3.05, 3.63) is 45.9 Å². The Morgan fingerprint density at radius 1 is 1.17 bits per heavy atom. The number of rotatable bonds is 7. The predicted molar refractivity (Wildman–Crippen MR) is 118 cm³/mol. The molecule has 0 bridgehead atoms. The SMILES string of the molecule is CCNC(=NCc1ccc(S(=O)(=O)N2CCCCC2)cc1)NCc1ncc(C)s1. The highest BCUT2D eigenvalue weighted by atomic mass is 32.2. The molecule has 1 aliphatic heterocycles. The van der Waals surface area contributed by atoms with Crippen LogP contribution in [0.5, 0.6) is 0 Å². The molecule has 2 heterocycles. The van der Waals surface area contributed by atoms with Gasteiger partial charge in [0.2, 0.25) is 10.0 Å². The van der Waals surface area contributed by atoms with Gasteiger partial charge in [0.15, 0.2) is 5.96 Å². The van der Waals surface area contributed by atoms with Crippen LogP contribution in [0.25, 0.3) is 0 Å². The molecule has 9 heteroatoms. The second-order valence-corrected chi connectivity index (χ2v) is 10.3. The second kappa shape index (κ2) is 10.2. The summed E-state index contributed by atoms with van der Waals surface area (Å²) in [6.07, 6.45) is 4.85. The van der Waals surface area contributed by atoms with Crippen molar-refractivity contribution >= 4 is 27.3 Å². The van der Waals surface area contributed by atoms with E-state index in [-0.39, 0.29) is 0 Å². The molecular formula is C20H29N5O2S2. The lowest BCUT2D eigenvalue weighted by molar-refractivity contribution is 0.346. The summed E-state index contributed by atoms with van der Waals surface area (Å²) < 4.78 is 27.1. The van der Waals surface area contributed by atoms with Crippen molar-refractivity contribution in [3.63, 3.8) is 0 Å². The summed E-state index contributed by atoms with van der Waals surface area (Å²) in [5.74, 6) is 0.713. The molecule has 0 spiro atoms. The first-order chi connectivity index (χ1) is 14.0. The first-order valence-corrected chi connectivity index (χ1v) is 12.3. The lowest BCUT2D eigenvalue weighted by atomic mass is 10.2. The Labute approximate surface area is 177 Å². The molecule has 1 fully saturated rings. The summed E-state index contributed by atoms with van der Waals surface area (Å²) >= 11 is 1.66. The van der Waals surface area contributed by atoms with E-state index in [4.69, 9.17) is 0 Å². The third kappa shape index (κ3) is 6.01. The van der Waals surface area contributed by atoms with Crippen LogP contribution >= 0.6 is 11.3 Å². The van der Waals surface area contributed by atoms with E-state index in [9.17, 15) is 8.42 Å². The third-order valence-electron chi connectivity index (χ3n) is 4.72. The molecule has 0 amide bonds. The summed E-state index contributed by atoms with van der Waals surface area (Å²) in [6, 6.07) is 7.06. The highest BCUT2D eigenvalue weighted by molar-refractivity contribution is 7.89. The van der Waals surface area contributed by atoms with Crippen LogP contribution < -0.4 is 10.6 Å². The van der Waals surface area contributed by atoms with Crippen LogP contribution in [0.15, 0.2) is 40.4 Å². The topological polar surface area (TPSA) is 86.7 Å². The van der Waals surface area contributed by atoms with Gasteiger partial charge in [0.05, 0.1) is 18.0 Å². The van der Waals surface area contributed by atoms with Crippen LogP contribution in [0.4, 0.5) is 0 Å². The van der Waals surface area contributed by atoms with Crippen molar-refractivity contribution in [2.75, 3.05) is 19.6 Å². The fourth-order valence-corrected chi connectivity index (χ4v) is 5.42. The molecule has 0 aliphatic carbocycles. The summed E-state index contributed by atoms with van der Waals surface area (Å²) in [5.41, 5.74) is 0.963. The van der Waals surface area contributed by atoms with Crippen molar-refractivity contribution in [3.8, 4) is 0 Å². The van der Waals surface area contributed by atoms with E-state index in [2.05, 4.69) is 20.6 Å². The van der Waals surface area contributed by atoms with Crippen LogP contribution in [-0.2, 0) is 23.1 Å². The van der Waals surface area contributed by atoms with E-state index < -0.39 is 10.0 Å².